The van der Waals surface area contributed by atoms with E-state index in [0.29, 0.717) is 21.4 Å². The molecular formula is C13H8BrNO5S. The molecular weight excluding hydrogens is 362 g/mol. The van der Waals surface area contributed by atoms with Crippen molar-refractivity contribution in [1.29, 1.82) is 0 Å². The van der Waals surface area contributed by atoms with Gasteiger partial charge in [0.2, 0.25) is 5.78 Å². The minimum absolute atomic E-state index is 0.0848. The van der Waals surface area contributed by atoms with Crippen molar-refractivity contribution in [3.05, 3.63) is 61.4 Å². The lowest BCUT2D eigenvalue weighted by Crippen LogP contribution is -2.13. The first-order chi connectivity index (χ1) is 9.99. The number of Topliss-reactive ketones (excluding diaryl/α,β-unsaturated/α-hetero) is 1. The molecule has 0 N–H and O–H groups in total. The summed E-state index contributed by atoms with van der Waals surface area (Å²) in [6, 6.07) is 9.29. The van der Waals surface area contributed by atoms with Crippen LogP contribution in [0.25, 0.3) is 0 Å². The van der Waals surface area contributed by atoms with Gasteiger partial charge in [0.05, 0.1) is 4.92 Å². The maximum Gasteiger partial charge on any atom is 0.349 e. The zero-order valence-corrected chi connectivity index (χ0v) is 12.8. The van der Waals surface area contributed by atoms with Gasteiger partial charge in [0.25, 0.3) is 0 Å². The number of hydrogen-bond donors (Lipinski definition) is 0. The average Bonchev–Trinajstić information content (AvgIpc) is 2.95. The van der Waals surface area contributed by atoms with Crippen molar-refractivity contribution >= 4 is 44.0 Å². The van der Waals surface area contributed by atoms with Crippen LogP contribution >= 0.6 is 27.3 Å². The van der Waals surface area contributed by atoms with E-state index in [1.807, 2.05) is 0 Å². The fourth-order valence-corrected chi connectivity index (χ4v) is 2.72. The van der Waals surface area contributed by atoms with Gasteiger partial charge in [-0.15, -0.1) is 0 Å². The third-order valence-electron chi connectivity index (χ3n) is 2.48. The van der Waals surface area contributed by atoms with Crippen LogP contribution in [0.5, 0.6) is 0 Å². The molecule has 0 amide bonds. The predicted molar refractivity (Wildman–Crippen MR) is 79.7 cm³/mol. The number of nitrogens with zero attached hydrogens (tertiary/aromatic N) is 1. The van der Waals surface area contributed by atoms with Gasteiger partial charge in [0.1, 0.15) is 4.88 Å². The zero-order valence-electron chi connectivity index (χ0n) is 10.4. The van der Waals surface area contributed by atoms with Crippen molar-refractivity contribution in [2.45, 2.75) is 0 Å². The highest BCUT2D eigenvalue weighted by Gasteiger charge is 2.18. The van der Waals surface area contributed by atoms with Gasteiger partial charge in [-0.2, -0.15) is 0 Å². The predicted octanol–water partition coefficient (Wildman–Crippen LogP) is 3.46. The molecule has 0 bridgehead atoms. The van der Waals surface area contributed by atoms with Crippen LogP contribution in [0.4, 0.5) is 5.00 Å². The van der Waals surface area contributed by atoms with Gasteiger partial charge in [-0.25, -0.2) is 4.79 Å². The Kier molecular flexibility index (Phi) is 4.81. The third-order valence-corrected chi connectivity index (χ3v) is 4.19. The molecule has 0 spiro atoms. The summed E-state index contributed by atoms with van der Waals surface area (Å²) in [6.45, 7) is -0.423. The Hall–Kier alpha value is -2.06. The number of esters is 1. The van der Waals surface area contributed by atoms with E-state index >= 15 is 0 Å². The lowest BCUT2D eigenvalue weighted by atomic mass is 10.1. The molecule has 0 unspecified atom stereocenters. The molecule has 1 heterocycles. The summed E-state index contributed by atoms with van der Waals surface area (Å²) in [5.41, 5.74) is 0.405. The second kappa shape index (κ2) is 6.59. The third kappa shape index (κ3) is 3.73. The van der Waals surface area contributed by atoms with Gasteiger partial charge >= 0.3 is 11.0 Å². The number of ether oxygens (including phenoxy) is 1. The molecule has 2 rings (SSSR count). The van der Waals surface area contributed by atoms with Crippen LogP contribution < -0.4 is 0 Å². The maximum atomic E-state index is 11.9. The van der Waals surface area contributed by atoms with Crippen LogP contribution in [-0.2, 0) is 4.74 Å². The molecule has 0 aliphatic heterocycles. The smallest absolute Gasteiger partial charge is 0.349 e. The molecule has 21 heavy (non-hydrogen) atoms. The van der Waals surface area contributed by atoms with E-state index in [-0.39, 0.29) is 15.7 Å². The molecule has 0 atom stereocenters. The van der Waals surface area contributed by atoms with E-state index in [0.717, 1.165) is 0 Å². The van der Waals surface area contributed by atoms with E-state index in [4.69, 9.17) is 4.74 Å². The molecule has 8 heteroatoms. The van der Waals surface area contributed by atoms with Crippen LogP contribution in [0.1, 0.15) is 20.0 Å². The first kappa shape index (κ1) is 15.3. The summed E-state index contributed by atoms with van der Waals surface area (Å²) in [5.74, 6) is -1.12. The fraction of sp³-hybridized carbons (Fsp3) is 0.0769. The van der Waals surface area contributed by atoms with Crippen molar-refractivity contribution in [2.75, 3.05) is 6.61 Å². The Morgan fingerprint density at radius 1 is 1.24 bits per heavy atom. The Balaban J connectivity index is 1.99. The molecule has 1 aromatic carbocycles. The minimum Gasteiger partial charge on any atom is -0.453 e. The van der Waals surface area contributed by atoms with Crippen molar-refractivity contribution in [3.63, 3.8) is 0 Å². The van der Waals surface area contributed by atoms with Gasteiger partial charge in [0.15, 0.2) is 6.61 Å². The molecule has 0 aliphatic rings. The van der Waals surface area contributed by atoms with E-state index in [1.54, 1.807) is 24.3 Å². The quantitative estimate of drug-likeness (QED) is 0.348. The first-order valence-electron chi connectivity index (χ1n) is 5.68. The van der Waals surface area contributed by atoms with Crippen molar-refractivity contribution < 1.29 is 19.2 Å². The van der Waals surface area contributed by atoms with Crippen molar-refractivity contribution in [3.8, 4) is 0 Å². The summed E-state index contributed by atoms with van der Waals surface area (Å²) in [5, 5.41) is 10.4. The monoisotopic (exact) mass is 369 g/mol. The van der Waals surface area contributed by atoms with Gasteiger partial charge < -0.3 is 4.74 Å². The number of nitro groups is 1. The zero-order chi connectivity index (χ0) is 15.4. The van der Waals surface area contributed by atoms with Gasteiger partial charge in [0, 0.05) is 16.1 Å². The molecule has 6 nitrogen and oxygen atoms in total. The van der Waals surface area contributed by atoms with Gasteiger partial charge in [-0.1, -0.05) is 45.5 Å². The fourth-order valence-electron chi connectivity index (χ4n) is 1.50. The number of halogens is 1. The van der Waals surface area contributed by atoms with Gasteiger partial charge in [-0.3, -0.25) is 14.9 Å². The van der Waals surface area contributed by atoms with Crippen molar-refractivity contribution in [1.82, 2.24) is 0 Å². The molecule has 0 radical (unpaired) electrons. The second-order valence-corrected chi connectivity index (χ2v) is 5.79. The number of benzene rings is 1. The van der Waals surface area contributed by atoms with Crippen LogP contribution in [0.2, 0.25) is 0 Å². The number of carbonyl (C=O) groups is 2. The Labute approximate surface area is 131 Å². The largest absolute Gasteiger partial charge is 0.453 e. The van der Waals surface area contributed by atoms with E-state index < -0.39 is 17.5 Å². The highest BCUT2D eigenvalue weighted by molar-refractivity contribution is 9.10. The highest BCUT2D eigenvalue weighted by atomic mass is 79.9. The summed E-state index contributed by atoms with van der Waals surface area (Å²) in [4.78, 5) is 33.6. The number of thiophene rings is 1. The van der Waals surface area contributed by atoms with E-state index in [9.17, 15) is 19.7 Å². The first-order valence-corrected chi connectivity index (χ1v) is 7.29. The second-order valence-electron chi connectivity index (χ2n) is 3.87. The van der Waals surface area contributed by atoms with E-state index in [1.165, 1.54) is 12.1 Å². The van der Waals surface area contributed by atoms with Crippen molar-refractivity contribution in [2.24, 2.45) is 0 Å². The minimum atomic E-state index is -0.756. The Morgan fingerprint density at radius 3 is 2.57 bits per heavy atom. The summed E-state index contributed by atoms with van der Waals surface area (Å²) < 4.78 is 5.48. The Bertz CT molecular complexity index is 712. The average molecular weight is 370 g/mol. The topological polar surface area (TPSA) is 86.5 Å². The summed E-state index contributed by atoms with van der Waals surface area (Å²) in [6.07, 6.45) is 0. The molecule has 0 saturated heterocycles. The normalized spacial score (nSPS) is 10.1. The molecule has 108 valence electrons. The van der Waals surface area contributed by atoms with Crippen LogP contribution in [-0.4, -0.2) is 23.3 Å². The number of ketones is 1. The Morgan fingerprint density at radius 2 is 1.95 bits per heavy atom. The van der Waals surface area contributed by atoms with E-state index in [2.05, 4.69) is 15.9 Å². The summed E-state index contributed by atoms with van der Waals surface area (Å²) in [7, 11) is 0. The van der Waals surface area contributed by atoms with Crippen LogP contribution in [0, 0.1) is 10.1 Å². The molecule has 0 fully saturated rings. The maximum absolute atomic E-state index is 11.9. The number of rotatable bonds is 5. The highest BCUT2D eigenvalue weighted by Crippen LogP contribution is 2.24. The lowest BCUT2D eigenvalue weighted by molar-refractivity contribution is -0.380. The van der Waals surface area contributed by atoms with Crippen LogP contribution in [0.3, 0.4) is 0 Å². The van der Waals surface area contributed by atoms with Crippen LogP contribution in [0.15, 0.2) is 40.9 Å². The standard InChI is InChI=1S/C13H8BrNO5S/c14-9-4-2-1-3-8(9)10(16)7-20-13(17)11-5-6-12(21-11)15(18)19/h1-6H,7H2. The molecule has 0 aliphatic carbocycles. The number of carbonyl (C=O) groups excluding carboxylic acids is 2. The SMILES string of the molecule is O=C(OCC(=O)c1ccccc1Br)c1ccc([N+](=O)[O-])s1. The lowest BCUT2D eigenvalue weighted by Gasteiger charge is -2.04. The molecule has 0 saturated carbocycles. The molecule has 2 aromatic rings. The molecule has 1 aromatic heterocycles. The van der Waals surface area contributed by atoms with Gasteiger partial charge in [-0.05, 0) is 12.1 Å². The summed E-state index contributed by atoms with van der Waals surface area (Å²) >= 11 is 3.94. The number of hydrogen-bond acceptors (Lipinski definition) is 6.